The van der Waals surface area contributed by atoms with E-state index in [1.54, 1.807) is 0 Å². The van der Waals surface area contributed by atoms with Gasteiger partial charge in [-0.25, -0.2) is 4.79 Å². The highest BCUT2D eigenvalue weighted by Gasteiger charge is 2.32. The molecule has 96 valence electrons. The average molecular weight is 246 g/mol. The lowest BCUT2D eigenvalue weighted by molar-refractivity contribution is 0.0916. The molecule has 2 amide bonds. The zero-order valence-electron chi connectivity index (χ0n) is 10.6. The van der Waals surface area contributed by atoms with Crippen LogP contribution in [-0.4, -0.2) is 24.9 Å². The summed E-state index contributed by atoms with van der Waals surface area (Å²) in [6.45, 7) is 2.83. The summed E-state index contributed by atoms with van der Waals surface area (Å²) in [5, 5.41) is 2.96. The molecule has 2 aliphatic rings. The second-order valence-corrected chi connectivity index (χ2v) is 5.00. The van der Waals surface area contributed by atoms with Crippen molar-refractivity contribution in [1.29, 1.82) is 0 Å². The summed E-state index contributed by atoms with van der Waals surface area (Å²) in [4.78, 5) is 14.2. The summed E-state index contributed by atoms with van der Waals surface area (Å²) in [6, 6.07) is 8.26. The minimum absolute atomic E-state index is 0.0423. The maximum atomic E-state index is 12.3. The van der Waals surface area contributed by atoms with Crippen LogP contribution in [0, 0.1) is 0 Å². The molecular weight excluding hydrogens is 228 g/mol. The molecule has 0 bridgehead atoms. The van der Waals surface area contributed by atoms with Crippen LogP contribution >= 0.6 is 0 Å². The quantitative estimate of drug-likeness (QED) is 0.826. The molecule has 4 heteroatoms. The summed E-state index contributed by atoms with van der Waals surface area (Å²) in [5.74, 6) is 0. The number of ether oxygens (including phenoxy) is 1. The standard InChI is InChI=1S/C14H18N2O2/c1-10-9-11-5-2-3-6-12(11)16(10)14(17)15-13-7-4-8-18-13/h2-3,5-6,10,13H,4,7-9H2,1H3,(H,15,17). The number of hydrogen-bond donors (Lipinski definition) is 1. The molecule has 3 rings (SSSR count). The Labute approximate surface area is 107 Å². The Hall–Kier alpha value is -1.55. The van der Waals surface area contributed by atoms with Crippen LogP contribution in [0.15, 0.2) is 24.3 Å². The normalized spacial score (nSPS) is 26.2. The summed E-state index contributed by atoms with van der Waals surface area (Å²) < 4.78 is 5.45. The van der Waals surface area contributed by atoms with Crippen LogP contribution < -0.4 is 10.2 Å². The second-order valence-electron chi connectivity index (χ2n) is 5.00. The van der Waals surface area contributed by atoms with Crippen LogP contribution in [0.3, 0.4) is 0 Å². The van der Waals surface area contributed by atoms with Crippen molar-refractivity contribution in [2.75, 3.05) is 11.5 Å². The molecule has 0 saturated carbocycles. The lowest BCUT2D eigenvalue weighted by Crippen LogP contribution is -2.47. The van der Waals surface area contributed by atoms with Crippen molar-refractivity contribution in [2.24, 2.45) is 0 Å². The third-order valence-corrected chi connectivity index (χ3v) is 3.64. The van der Waals surface area contributed by atoms with Gasteiger partial charge in [0.2, 0.25) is 0 Å². The fourth-order valence-corrected chi connectivity index (χ4v) is 2.77. The van der Waals surface area contributed by atoms with E-state index in [9.17, 15) is 4.79 Å². The highest BCUT2D eigenvalue weighted by atomic mass is 16.5. The molecule has 2 heterocycles. The number of rotatable bonds is 1. The van der Waals surface area contributed by atoms with Gasteiger partial charge >= 0.3 is 6.03 Å². The second kappa shape index (κ2) is 4.61. The number of carbonyl (C=O) groups excluding carboxylic acids is 1. The molecule has 4 nitrogen and oxygen atoms in total. The largest absolute Gasteiger partial charge is 0.358 e. The van der Waals surface area contributed by atoms with Gasteiger partial charge in [0.05, 0.1) is 0 Å². The van der Waals surface area contributed by atoms with E-state index < -0.39 is 0 Å². The monoisotopic (exact) mass is 246 g/mol. The number of benzene rings is 1. The van der Waals surface area contributed by atoms with Gasteiger partial charge in [-0.1, -0.05) is 18.2 Å². The van der Waals surface area contributed by atoms with E-state index in [1.807, 2.05) is 23.1 Å². The van der Waals surface area contributed by atoms with Gasteiger partial charge in [0.1, 0.15) is 6.23 Å². The molecule has 1 aromatic carbocycles. The maximum Gasteiger partial charge on any atom is 0.324 e. The van der Waals surface area contributed by atoms with Crippen LogP contribution in [0.2, 0.25) is 0 Å². The van der Waals surface area contributed by atoms with Gasteiger partial charge in [-0.3, -0.25) is 4.90 Å². The number of fused-ring (bicyclic) bond motifs is 1. The van der Waals surface area contributed by atoms with E-state index in [1.165, 1.54) is 5.56 Å². The summed E-state index contributed by atoms with van der Waals surface area (Å²) in [5.41, 5.74) is 2.27. The number of nitrogens with one attached hydrogen (secondary N) is 1. The van der Waals surface area contributed by atoms with Crippen LogP contribution in [0.25, 0.3) is 0 Å². The van der Waals surface area contributed by atoms with Crippen LogP contribution in [-0.2, 0) is 11.2 Å². The maximum absolute atomic E-state index is 12.3. The molecule has 2 aliphatic heterocycles. The van der Waals surface area contributed by atoms with Gasteiger partial charge in [-0.05, 0) is 37.8 Å². The first-order chi connectivity index (χ1) is 8.75. The molecule has 0 spiro atoms. The van der Waals surface area contributed by atoms with Gasteiger partial charge in [-0.2, -0.15) is 0 Å². The first-order valence-electron chi connectivity index (χ1n) is 6.55. The number of nitrogens with zero attached hydrogens (tertiary/aromatic N) is 1. The predicted octanol–water partition coefficient (Wildman–Crippen LogP) is 2.28. The third-order valence-electron chi connectivity index (χ3n) is 3.64. The Kier molecular flexibility index (Phi) is 2.96. The average Bonchev–Trinajstić information content (AvgIpc) is 2.94. The molecule has 0 aliphatic carbocycles. The van der Waals surface area contributed by atoms with Gasteiger partial charge in [-0.15, -0.1) is 0 Å². The van der Waals surface area contributed by atoms with Gasteiger partial charge in [0, 0.05) is 18.3 Å². The number of anilines is 1. The molecule has 18 heavy (non-hydrogen) atoms. The topological polar surface area (TPSA) is 41.6 Å². The minimum atomic E-state index is -0.113. The van der Waals surface area contributed by atoms with E-state index in [4.69, 9.17) is 4.74 Å². The van der Waals surface area contributed by atoms with E-state index in [0.717, 1.165) is 31.6 Å². The molecule has 2 atom stereocenters. The van der Waals surface area contributed by atoms with Crippen molar-refractivity contribution < 1.29 is 9.53 Å². The van der Waals surface area contributed by atoms with E-state index in [-0.39, 0.29) is 18.3 Å². The number of para-hydroxylation sites is 1. The lowest BCUT2D eigenvalue weighted by Gasteiger charge is -2.24. The molecule has 1 N–H and O–H groups in total. The molecule has 1 fully saturated rings. The lowest BCUT2D eigenvalue weighted by atomic mass is 10.1. The highest BCUT2D eigenvalue weighted by Crippen LogP contribution is 2.31. The SMILES string of the molecule is CC1Cc2ccccc2N1C(=O)NC1CCCO1. The van der Waals surface area contributed by atoms with E-state index in [2.05, 4.69) is 18.3 Å². The van der Waals surface area contributed by atoms with E-state index in [0.29, 0.717) is 0 Å². The Morgan fingerprint density at radius 1 is 1.44 bits per heavy atom. The zero-order chi connectivity index (χ0) is 12.5. The summed E-state index contributed by atoms with van der Waals surface area (Å²) >= 11 is 0. The van der Waals surface area contributed by atoms with Crippen molar-refractivity contribution in [2.45, 2.75) is 38.5 Å². The Morgan fingerprint density at radius 3 is 3.06 bits per heavy atom. The Bertz CT molecular complexity index is 455. The van der Waals surface area contributed by atoms with E-state index >= 15 is 0 Å². The highest BCUT2D eigenvalue weighted by molar-refractivity contribution is 5.95. The number of carbonyl (C=O) groups is 1. The van der Waals surface area contributed by atoms with Crippen molar-refractivity contribution >= 4 is 11.7 Å². The van der Waals surface area contributed by atoms with Crippen molar-refractivity contribution in [1.82, 2.24) is 5.32 Å². The molecule has 1 aromatic rings. The molecule has 0 radical (unpaired) electrons. The van der Waals surface area contributed by atoms with Gasteiger partial charge in [0.25, 0.3) is 0 Å². The smallest absolute Gasteiger partial charge is 0.324 e. The van der Waals surface area contributed by atoms with Crippen molar-refractivity contribution in [3.8, 4) is 0 Å². The molecule has 1 saturated heterocycles. The fraction of sp³-hybridized carbons (Fsp3) is 0.500. The summed E-state index contributed by atoms with van der Waals surface area (Å²) in [7, 11) is 0. The minimum Gasteiger partial charge on any atom is -0.358 e. The number of hydrogen-bond acceptors (Lipinski definition) is 2. The summed E-state index contributed by atoms with van der Waals surface area (Å²) in [6.07, 6.45) is 2.75. The van der Waals surface area contributed by atoms with Crippen molar-refractivity contribution in [3.63, 3.8) is 0 Å². The number of amides is 2. The zero-order valence-corrected chi connectivity index (χ0v) is 10.6. The number of urea groups is 1. The predicted molar refractivity (Wildman–Crippen MR) is 69.6 cm³/mol. The van der Waals surface area contributed by atoms with Crippen LogP contribution in [0.5, 0.6) is 0 Å². The van der Waals surface area contributed by atoms with Gasteiger partial charge in [0.15, 0.2) is 0 Å². The van der Waals surface area contributed by atoms with Crippen LogP contribution in [0.4, 0.5) is 10.5 Å². The first-order valence-corrected chi connectivity index (χ1v) is 6.55. The molecular formula is C14H18N2O2. The fourth-order valence-electron chi connectivity index (χ4n) is 2.77. The first kappa shape index (κ1) is 11.5. The Balaban J connectivity index is 1.77. The van der Waals surface area contributed by atoms with Gasteiger partial charge < -0.3 is 10.1 Å². The third kappa shape index (κ3) is 1.97. The molecule has 0 aromatic heterocycles. The van der Waals surface area contributed by atoms with Crippen LogP contribution in [0.1, 0.15) is 25.3 Å². The molecule has 2 unspecified atom stereocenters. The van der Waals surface area contributed by atoms with Crippen molar-refractivity contribution in [3.05, 3.63) is 29.8 Å². The Morgan fingerprint density at radius 2 is 2.28 bits per heavy atom.